The van der Waals surface area contributed by atoms with Crippen LogP contribution in [-0.2, 0) is 0 Å². The van der Waals surface area contributed by atoms with Gasteiger partial charge in [-0.15, -0.1) is 0 Å². The summed E-state index contributed by atoms with van der Waals surface area (Å²) in [5.41, 5.74) is 8.44. The minimum absolute atomic E-state index is 0.0698. The highest BCUT2D eigenvalue weighted by molar-refractivity contribution is 9.10. The fraction of sp³-hybridized carbons (Fsp3) is 0.625. The molecule has 2 rings (SSSR count). The number of rotatable bonds is 5. The maximum absolute atomic E-state index is 5.97. The van der Waals surface area contributed by atoms with Crippen LogP contribution in [0.25, 0.3) is 0 Å². The number of anilines is 1. The van der Waals surface area contributed by atoms with Gasteiger partial charge in [-0.3, -0.25) is 4.90 Å². The van der Waals surface area contributed by atoms with Crippen LogP contribution in [-0.4, -0.2) is 37.1 Å². The van der Waals surface area contributed by atoms with Crippen molar-refractivity contribution in [1.82, 2.24) is 4.90 Å². The third kappa shape index (κ3) is 3.35. The summed E-state index contributed by atoms with van der Waals surface area (Å²) in [6.45, 7) is 11.1. The Morgan fingerprint density at radius 3 is 2.65 bits per heavy atom. The van der Waals surface area contributed by atoms with Crippen molar-refractivity contribution in [2.75, 3.05) is 31.1 Å². The molecule has 0 aliphatic carbocycles. The van der Waals surface area contributed by atoms with Crippen LogP contribution in [0.4, 0.5) is 5.69 Å². The van der Waals surface area contributed by atoms with Gasteiger partial charge in [-0.2, -0.15) is 0 Å². The zero-order chi connectivity index (χ0) is 14.7. The molecule has 0 amide bonds. The number of nitrogens with zero attached hydrogens (tertiary/aromatic N) is 2. The Labute approximate surface area is 131 Å². The van der Waals surface area contributed by atoms with E-state index in [1.54, 1.807) is 0 Å². The quantitative estimate of drug-likeness (QED) is 0.892. The molecule has 1 aromatic rings. The largest absolute Gasteiger partial charge is 0.370 e. The zero-order valence-corrected chi connectivity index (χ0v) is 14.4. The molecule has 1 unspecified atom stereocenters. The number of likely N-dealkylation sites (N-methyl/N-ethyl adjacent to an activating group) is 1. The molecule has 2 atom stereocenters. The first-order valence-electron chi connectivity index (χ1n) is 7.60. The first-order chi connectivity index (χ1) is 9.56. The average molecular weight is 340 g/mol. The summed E-state index contributed by atoms with van der Waals surface area (Å²) in [6.07, 6.45) is 1.26. The van der Waals surface area contributed by atoms with Crippen molar-refractivity contribution in [3.05, 3.63) is 28.2 Å². The SMILES string of the molecule is CCN(CC)C1CCN(c2ccc([C@H](C)N)c(Br)c2)C1. The van der Waals surface area contributed by atoms with Gasteiger partial charge in [-0.05, 0) is 44.1 Å². The number of hydrogen-bond acceptors (Lipinski definition) is 3. The summed E-state index contributed by atoms with van der Waals surface area (Å²) in [7, 11) is 0. The zero-order valence-electron chi connectivity index (χ0n) is 12.8. The third-order valence-corrected chi connectivity index (χ3v) is 5.02. The predicted octanol–water partition coefficient (Wildman–Crippen LogP) is 3.39. The summed E-state index contributed by atoms with van der Waals surface area (Å²) >= 11 is 3.65. The molecule has 112 valence electrons. The van der Waals surface area contributed by atoms with Crippen molar-refractivity contribution < 1.29 is 0 Å². The Hall–Kier alpha value is -0.580. The van der Waals surface area contributed by atoms with Crippen molar-refractivity contribution in [3.8, 4) is 0 Å². The summed E-state index contributed by atoms with van der Waals surface area (Å²) in [5, 5.41) is 0. The van der Waals surface area contributed by atoms with Crippen molar-refractivity contribution in [3.63, 3.8) is 0 Å². The van der Waals surface area contributed by atoms with Crippen molar-refractivity contribution in [1.29, 1.82) is 0 Å². The molecule has 1 fully saturated rings. The summed E-state index contributed by atoms with van der Waals surface area (Å²) in [4.78, 5) is 5.05. The van der Waals surface area contributed by atoms with Gasteiger partial charge < -0.3 is 10.6 Å². The minimum Gasteiger partial charge on any atom is -0.370 e. The maximum Gasteiger partial charge on any atom is 0.0378 e. The minimum atomic E-state index is 0.0698. The molecule has 4 heteroatoms. The van der Waals surface area contributed by atoms with E-state index in [1.165, 1.54) is 17.7 Å². The maximum atomic E-state index is 5.97. The van der Waals surface area contributed by atoms with Crippen molar-refractivity contribution in [2.24, 2.45) is 5.73 Å². The smallest absolute Gasteiger partial charge is 0.0378 e. The molecule has 0 saturated carbocycles. The van der Waals surface area contributed by atoms with Crippen LogP contribution in [0.5, 0.6) is 0 Å². The molecule has 0 aromatic heterocycles. The van der Waals surface area contributed by atoms with Gasteiger partial charge in [-0.1, -0.05) is 35.8 Å². The van der Waals surface area contributed by atoms with E-state index in [0.29, 0.717) is 6.04 Å². The second-order valence-corrected chi connectivity index (χ2v) is 6.46. The number of benzene rings is 1. The molecule has 0 radical (unpaired) electrons. The fourth-order valence-corrected chi connectivity index (χ4v) is 3.82. The van der Waals surface area contributed by atoms with E-state index < -0.39 is 0 Å². The van der Waals surface area contributed by atoms with Crippen LogP contribution in [0, 0.1) is 0 Å². The molecule has 3 nitrogen and oxygen atoms in total. The molecular formula is C16H26BrN3. The topological polar surface area (TPSA) is 32.5 Å². The van der Waals surface area contributed by atoms with Gasteiger partial charge in [0.15, 0.2) is 0 Å². The van der Waals surface area contributed by atoms with E-state index >= 15 is 0 Å². The molecule has 0 spiro atoms. The van der Waals surface area contributed by atoms with E-state index in [0.717, 1.165) is 30.7 Å². The molecule has 1 aromatic carbocycles. The summed E-state index contributed by atoms with van der Waals surface area (Å²) in [6, 6.07) is 7.32. The van der Waals surface area contributed by atoms with Crippen LogP contribution >= 0.6 is 15.9 Å². The monoisotopic (exact) mass is 339 g/mol. The van der Waals surface area contributed by atoms with E-state index in [4.69, 9.17) is 5.73 Å². The van der Waals surface area contributed by atoms with E-state index in [9.17, 15) is 0 Å². The van der Waals surface area contributed by atoms with E-state index in [2.05, 4.69) is 57.8 Å². The van der Waals surface area contributed by atoms with Crippen LogP contribution in [0.15, 0.2) is 22.7 Å². The van der Waals surface area contributed by atoms with E-state index in [-0.39, 0.29) is 6.04 Å². The average Bonchev–Trinajstić information content (AvgIpc) is 2.89. The van der Waals surface area contributed by atoms with E-state index in [1.807, 2.05) is 6.92 Å². The van der Waals surface area contributed by atoms with Gasteiger partial charge >= 0.3 is 0 Å². The third-order valence-electron chi connectivity index (χ3n) is 4.33. The number of halogens is 1. The first kappa shape index (κ1) is 15.8. The van der Waals surface area contributed by atoms with Gasteiger partial charge in [0.05, 0.1) is 0 Å². The van der Waals surface area contributed by atoms with Gasteiger partial charge in [0.2, 0.25) is 0 Å². The second kappa shape index (κ2) is 6.92. The van der Waals surface area contributed by atoms with Gasteiger partial charge in [-0.25, -0.2) is 0 Å². The molecule has 1 aliphatic rings. The Kier molecular flexibility index (Phi) is 5.47. The van der Waals surface area contributed by atoms with Gasteiger partial charge in [0.25, 0.3) is 0 Å². The first-order valence-corrected chi connectivity index (χ1v) is 8.40. The Morgan fingerprint density at radius 1 is 1.40 bits per heavy atom. The highest BCUT2D eigenvalue weighted by atomic mass is 79.9. The Balaban J connectivity index is 2.08. The lowest BCUT2D eigenvalue weighted by atomic mass is 10.1. The van der Waals surface area contributed by atoms with Crippen molar-refractivity contribution >= 4 is 21.6 Å². The molecule has 1 aliphatic heterocycles. The van der Waals surface area contributed by atoms with Crippen LogP contribution in [0.1, 0.15) is 38.8 Å². The lowest BCUT2D eigenvalue weighted by Gasteiger charge is -2.27. The molecule has 20 heavy (non-hydrogen) atoms. The molecule has 0 bridgehead atoms. The predicted molar refractivity (Wildman–Crippen MR) is 90.3 cm³/mol. The Morgan fingerprint density at radius 2 is 2.10 bits per heavy atom. The molecular weight excluding hydrogens is 314 g/mol. The summed E-state index contributed by atoms with van der Waals surface area (Å²) in [5.74, 6) is 0. The highest BCUT2D eigenvalue weighted by Crippen LogP contribution is 2.30. The van der Waals surface area contributed by atoms with Crippen LogP contribution < -0.4 is 10.6 Å². The number of hydrogen-bond donors (Lipinski definition) is 1. The lowest BCUT2D eigenvalue weighted by molar-refractivity contribution is 0.232. The molecule has 1 saturated heterocycles. The molecule has 1 heterocycles. The second-order valence-electron chi connectivity index (χ2n) is 5.60. The highest BCUT2D eigenvalue weighted by Gasteiger charge is 2.26. The van der Waals surface area contributed by atoms with Gasteiger partial charge in [0, 0.05) is 35.3 Å². The Bertz CT molecular complexity index is 443. The standard InChI is InChI=1S/C16H26BrN3/c1-4-19(5-2)14-8-9-20(11-14)13-6-7-15(12(3)18)16(17)10-13/h6-7,10,12,14H,4-5,8-9,11,18H2,1-3H3/t12-,14?/m0/s1. The normalized spacial score (nSPS) is 20.7. The lowest BCUT2D eigenvalue weighted by Crippen LogP contribution is -2.37. The summed E-state index contributed by atoms with van der Waals surface area (Å²) < 4.78 is 1.12. The number of nitrogens with two attached hydrogens (primary N) is 1. The van der Waals surface area contributed by atoms with Gasteiger partial charge in [0.1, 0.15) is 0 Å². The van der Waals surface area contributed by atoms with Crippen LogP contribution in [0.3, 0.4) is 0 Å². The van der Waals surface area contributed by atoms with Crippen molar-refractivity contribution in [2.45, 2.75) is 39.3 Å². The molecule has 2 N–H and O–H groups in total. The fourth-order valence-electron chi connectivity index (χ4n) is 3.10. The van der Waals surface area contributed by atoms with Crippen LogP contribution in [0.2, 0.25) is 0 Å².